The van der Waals surface area contributed by atoms with Crippen LogP contribution in [0, 0.1) is 0 Å². The Hall–Kier alpha value is -2.28. The van der Waals surface area contributed by atoms with Crippen molar-refractivity contribution in [1.82, 2.24) is 25.1 Å². The number of nitrogens with zero attached hydrogens (tertiary/aromatic N) is 4. The smallest absolute Gasteiger partial charge is 0.272 e. The maximum atomic E-state index is 11.9. The lowest BCUT2D eigenvalue weighted by atomic mass is 9.95. The van der Waals surface area contributed by atoms with E-state index in [0.29, 0.717) is 18.1 Å². The molecule has 3 rings (SSSR count). The molecule has 2 aromatic rings. The Labute approximate surface area is 135 Å². The maximum absolute atomic E-state index is 11.9. The van der Waals surface area contributed by atoms with Crippen LogP contribution in [0.1, 0.15) is 48.1 Å². The minimum absolute atomic E-state index is 0.211. The Morgan fingerprint density at radius 1 is 1.39 bits per heavy atom. The van der Waals surface area contributed by atoms with Crippen LogP contribution in [0.4, 0.5) is 0 Å². The molecule has 1 atom stereocenters. The third-order valence-electron chi connectivity index (χ3n) is 4.05. The first kappa shape index (κ1) is 15.6. The lowest BCUT2D eigenvalue weighted by Gasteiger charge is -2.32. The van der Waals surface area contributed by atoms with Gasteiger partial charge < -0.3 is 10.1 Å². The van der Waals surface area contributed by atoms with Crippen LogP contribution >= 0.6 is 0 Å². The first-order valence-corrected chi connectivity index (χ1v) is 7.80. The van der Waals surface area contributed by atoms with E-state index in [4.69, 9.17) is 4.74 Å². The van der Waals surface area contributed by atoms with Crippen molar-refractivity contribution in [2.45, 2.75) is 38.3 Å². The van der Waals surface area contributed by atoms with Gasteiger partial charge in [-0.15, -0.1) is 0 Å². The van der Waals surface area contributed by atoms with Gasteiger partial charge in [-0.25, -0.2) is 9.97 Å². The highest BCUT2D eigenvalue weighted by molar-refractivity contribution is 5.92. The molecular weight excluding hydrogens is 294 g/mol. The molecule has 0 bridgehead atoms. The van der Waals surface area contributed by atoms with Gasteiger partial charge in [-0.05, 0) is 32.3 Å². The first-order chi connectivity index (χ1) is 11.1. The average molecular weight is 315 g/mol. The van der Waals surface area contributed by atoms with Gasteiger partial charge in [0.05, 0.1) is 0 Å². The molecule has 1 N–H and O–H groups in total. The summed E-state index contributed by atoms with van der Waals surface area (Å²) in [5.74, 6) is 0.495. The fourth-order valence-corrected chi connectivity index (χ4v) is 2.64. The summed E-state index contributed by atoms with van der Waals surface area (Å²) in [5, 5.41) is 6.88. The third-order valence-corrected chi connectivity index (χ3v) is 4.05. The average Bonchev–Trinajstić information content (AvgIpc) is 3.00. The van der Waals surface area contributed by atoms with Crippen LogP contribution in [-0.2, 0) is 23.9 Å². The fraction of sp³-hybridized carbons (Fsp3) is 0.500. The second kappa shape index (κ2) is 6.45. The molecule has 0 saturated carbocycles. The Bertz CT molecular complexity index is 674. The van der Waals surface area contributed by atoms with Crippen LogP contribution in [0.2, 0.25) is 0 Å². The largest absolute Gasteiger partial charge is 0.367 e. The molecular formula is C16H21N5O2. The van der Waals surface area contributed by atoms with E-state index in [1.807, 2.05) is 6.92 Å². The minimum atomic E-state index is -0.395. The van der Waals surface area contributed by atoms with E-state index in [1.165, 1.54) is 0 Å². The molecule has 7 nitrogen and oxygen atoms in total. The van der Waals surface area contributed by atoms with Crippen LogP contribution in [0.15, 0.2) is 24.7 Å². The Balaban J connectivity index is 1.60. The molecule has 122 valence electrons. The zero-order valence-corrected chi connectivity index (χ0v) is 13.5. The van der Waals surface area contributed by atoms with E-state index in [0.717, 1.165) is 31.4 Å². The van der Waals surface area contributed by atoms with Gasteiger partial charge in [-0.3, -0.25) is 9.48 Å². The molecule has 1 fully saturated rings. The number of nitrogens with one attached hydrogen (secondary N) is 1. The number of carbonyl (C=O) groups is 1. The van der Waals surface area contributed by atoms with Crippen LogP contribution in [0.3, 0.4) is 0 Å². The summed E-state index contributed by atoms with van der Waals surface area (Å²) in [6.45, 7) is 3.15. The predicted molar refractivity (Wildman–Crippen MR) is 83.6 cm³/mol. The number of carbonyl (C=O) groups excluding carboxylic acids is 1. The van der Waals surface area contributed by atoms with Crippen molar-refractivity contribution in [2.75, 3.05) is 6.61 Å². The van der Waals surface area contributed by atoms with Crippen LogP contribution in [-0.4, -0.2) is 32.3 Å². The highest BCUT2D eigenvalue weighted by Crippen LogP contribution is 2.32. The summed E-state index contributed by atoms with van der Waals surface area (Å²) in [6.07, 6.45) is 8.36. The minimum Gasteiger partial charge on any atom is -0.367 e. The SMILES string of the molecule is Cn1ccc(C(=O)NCc2cnc([C@@]3(C)CCCCO3)nc2)n1. The third kappa shape index (κ3) is 3.56. The highest BCUT2D eigenvalue weighted by atomic mass is 16.5. The molecule has 1 amide bonds. The van der Waals surface area contributed by atoms with Gasteiger partial charge in [0.1, 0.15) is 11.3 Å². The normalized spacial score (nSPS) is 21.1. The molecule has 0 spiro atoms. The monoisotopic (exact) mass is 315 g/mol. The molecule has 0 radical (unpaired) electrons. The lowest BCUT2D eigenvalue weighted by molar-refractivity contribution is -0.0760. The zero-order valence-electron chi connectivity index (χ0n) is 13.5. The summed E-state index contributed by atoms with van der Waals surface area (Å²) in [6, 6.07) is 1.68. The van der Waals surface area contributed by atoms with Gasteiger partial charge in [0, 0.05) is 44.4 Å². The number of ether oxygens (including phenoxy) is 1. The van der Waals surface area contributed by atoms with Gasteiger partial charge in [-0.2, -0.15) is 5.10 Å². The van der Waals surface area contributed by atoms with E-state index in [9.17, 15) is 4.79 Å². The molecule has 1 aliphatic rings. The van der Waals surface area contributed by atoms with Gasteiger partial charge in [0.2, 0.25) is 0 Å². The molecule has 23 heavy (non-hydrogen) atoms. The first-order valence-electron chi connectivity index (χ1n) is 7.80. The second-order valence-corrected chi connectivity index (χ2v) is 6.01. The van der Waals surface area contributed by atoms with Gasteiger partial charge in [0.15, 0.2) is 5.82 Å². The molecule has 0 aliphatic carbocycles. The number of aromatic nitrogens is 4. The van der Waals surface area contributed by atoms with Crippen molar-refractivity contribution in [1.29, 1.82) is 0 Å². The van der Waals surface area contributed by atoms with Crippen LogP contribution in [0.25, 0.3) is 0 Å². The van der Waals surface area contributed by atoms with E-state index in [-0.39, 0.29) is 5.91 Å². The summed E-state index contributed by atoms with van der Waals surface area (Å²) in [5.41, 5.74) is 0.846. The molecule has 7 heteroatoms. The number of hydrogen-bond donors (Lipinski definition) is 1. The molecule has 0 aromatic carbocycles. The number of hydrogen-bond acceptors (Lipinski definition) is 5. The molecule has 2 aromatic heterocycles. The molecule has 0 unspecified atom stereocenters. The number of amides is 1. The Morgan fingerprint density at radius 3 is 2.78 bits per heavy atom. The second-order valence-electron chi connectivity index (χ2n) is 6.01. The molecule has 3 heterocycles. The van der Waals surface area contributed by atoms with Crippen molar-refractivity contribution in [2.24, 2.45) is 7.05 Å². The van der Waals surface area contributed by atoms with Crippen molar-refractivity contribution < 1.29 is 9.53 Å². The summed E-state index contributed by atoms with van der Waals surface area (Å²) in [4.78, 5) is 20.8. The Morgan fingerprint density at radius 2 is 2.17 bits per heavy atom. The fourth-order valence-electron chi connectivity index (χ4n) is 2.64. The van der Waals surface area contributed by atoms with Gasteiger partial charge in [-0.1, -0.05) is 0 Å². The maximum Gasteiger partial charge on any atom is 0.272 e. The van der Waals surface area contributed by atoms with Crippen LogP contribution in [0.5, 0.6) is 0 Å². The van der Waals surface area contributed by atoms with Crippen molar-refractivity contribution in [3.05, 3.63) is 41.7 Å². The van der Waals surface area contributed by atoms with Gasteiger partial charge >= 0.3 is 0 Å². The van der Waals surface area contributed by atoms with E-state index >= 15 is 0 Å². The zero-order chi connectivity index (χ0) is 16.3. The van der Waals surface area contributed by atoms with Crippen molar-refractivity contribution in [3.8, 4) is 0 Å². The highest BCUT2D eigenvalue weighted by Gasteiger charge is 2.32. The lowest BCUT2D eigenvalue weighted by Crippen LogP contribution is -2.32. The van der Waals surface area contributed by atoms with Crippen molar-refractivity contribution in [3.63, 3.8) is 0 Å². The Kier molecular flexibility index (Phi) is 4.38. The summed E-state index contributed by atoms with van der Waals surface area (Å²) in [7, 11) is 1.78. The summed E-state index contributed by atoms with van der Waals surface area (Å²) < 4.78 is 7.44. The standard InChI is InChI=1S/C16H21N5O2/c1-16(6-3-4-8-23-16)15-18-10-12(11-19-15)9-17-14(22)13-5-7-21(2)20-13/h5,7,10-11H,3-4,6,8-9H2,1-2H3,(H,17,22)/t16-/m1/s1. The quantitative estimate of drug-likeness (QED) is 0.926. The topological polar surface area (TPSA) is 81.9 Å². The molecule has 1 saturated heterocycles. The van der Waals surface area contributed by atoms with Crippen molar-refractivity contribution >= 4 is 5.91 Å². The van der Waals surface area contributed by atoms with Gasteiger partial charge in [0.25, 0.3) is 5.91 Å². The predicted octanol–water partition coefficient (Wildman–Crippen LogP) is 1.56. The van der Waals surface area contributed by atoms with E-state index < -0.39 is 5.60 Å². The number of rotatable bonds is 4. The van der Waals surface area contributed by atoms with E-state index in [1.54, 1.807) is 36.4 Å². The number of aryl methyl sites for hydroxylation is 1. The summed E-state index contributed by atoms with van der Waals surface area (Å²) >= 11 is 0. The van der Waals surface area contributed by atoms with E-state index in [2.05, 4.69) is 20.4 Å². The molecule has 1 aliphatic heterocycles. The van der Waals surface area contributed by atoms with Crippen LogP contribution < -0.4 is 5.32 Å².